The van der Waals surface area contributed by atoms with Gasteiger partial charge in [-0.25, -0.2) is 0 Å². The number of amides is 2. The van der Waals surface area contributed by atoms with Crippen molar-refractivity contribution in [2.75, 3.05) is 13.2 Å². The molecule has 0 heterocycles. The molecule has 0 atom stereocenters. The van der Waals surface area contributed by atoms with Gasteiger partial charge in [-0.15, -0.1) is 0 Å². The van der Waals surface area contributed by atoms with E-state index in [4.69, 9.17) is 21.1 Å². The number of hydrogen-bond donors (Lipinski definition) is 2. The molecule has 0 unspecified atom stereocenters. The van der Waals surface area contributed by atoms with Gasteiger partial charge in [-0.05, 0) is 48.9 Å². The van der Waals surface area contributed by atoms with E-state index in [0.29, 0.717) is 28.7 Å². The normalized spacial score (nSPS) is 10.1. The molecule has 8 heteroatoms. The third kappa shape index (κ3) is 6.24. The van der Waals surface area contributed by atoms with Crippen molar-refractivity contribution in [3.63, 3.8) is 0 Å². The van der Waals surface area contributed by atoms with Crippen molar-refractivity contribution in [3.05, 3.63) is 57.5 Å². The van der Waals surface area contributed by atoms with Crippen LogP contribution in [0.15, 0.2) is 46.9 Å². The number of carbonyl (C=O) groups is 2. The molecule has 2 amide bonds. The Morgan fingerprint density at radius 1 is 1.08 bits per heavy atom. The SMILES string of the molecule is CCCOc1ccc(Br)cc1C(=O)NNC(=O)COc1ccc(Cl)cc1. The Morgan fingerprint density at radius 3 is 2.50 bits per heavy atom. The van der Waals surface area contributed by atoms with Crippen molar-refractivity contribution in [1.82, 2.24) is 10.9 Å². The lowest BCUT2D eigenvalue weighted by Gasteiger charge is -2.12. The third-order valence-corrected chi connectivity index (χ3v) is 3.89. The zero-order chi connectivity index (χ0) is 18.9. The lowest BCUT2D eigenvalue weighted by Crippen LogP contribution is -2.44. The number of carbonyl (C=O) groups excluding carboxylic acids is 2. The zero-order valence-electron chi connectivity index (χ0n) is 14.1. The highest BCUT2D eigenvalue weighted by Gasteiger charge is 2.14. The fraction of sp³-hybridized carbons (Fsp3) is 0.222. The van der Waals surface area contributed by atoms with Crippen LogP contribution in [-0.4, -0.2) is 25.0 Å². The highest BCUT2D eigenvalue weighted by molar-refractivity contribution is 9.10. The zero-order valence-corrected chi connectivity index (χ0v) is 16.4. The average molecular weight is 442 g/mol. The molecule has 0 bridgehead atoms. The van der Waals surface area contributed by atoms with Crippen LogP contribution in [0.5, 0.6) is 11.5 Å². The summed E-state index contributed by atoms with van der Waals surface area (Å²) in [7, 11) is 0. The number of nitrogens with one attached hydrogen (secondary N) is 2. The van der Waals surface area contributed by atoms with Crippen LogP contribution < -0.4 is 20.3 Å². The Morgan fingerprint density at radius 2 is 1.81 bits per heavy atom. The highest BCUT2D eigenvalue weighted by atomic mass is 79.9. The first-order valence-electron chi connectivity index (χ1n) is 7.89. The van der Waals surface area contributed by atoms with Gasteiger partial charge in [-0.2, -0.15) is 0 Å². The van der Waals surface area contributed by atoms with Crippen LogP contribution in [0, 0.1) is 0 Å². The minimum absolute atomic E-state index is 0.250. The molecular weight excluding hydrogens is 424 g/mol. The molecular formula is C18H18BrClN2O4. The summed E-state index contributed by atoms with van der Waals surface area (Å²) in [4.78, 5) is 24.1. The molecule has 2 aromatic carbocycles. The predicted molar refractivity (Wildman–Crippen MR) is 102 cm³/mol. The van der Waals surface area contributed by atoms with E-state index < -0.39 is 11.8 Å². The van der Waals surface area contributed by atoms with Gasteiger partial charge in [0.1, 0.15) is 11.5 Å². The van der Waals surface area contributed by atoms with E-state index in [0.717, 1.165) is 10.9 Å². The summed E-state index contributed by atoms with van der Waals surface area (Å²) in [6.07, 6.45) is 0.815. The van der Waals surface area contributed by atoms with Gasteiger partial charge in [0.15, 0.2) is 6.61 Å². The molecule has 0 aromatic heterocycles. The van der Waals surface area contributed by atoms with Crippen LogP contribution >= 0.6 is 27.5 Å². The second kappa shape index (κ2) is 10.0. The second-order valence-electron chi connectivity index (χ2n) is 5.23. The van der Waals surface area contributed by atoms with Gasteiger partial charge >= 0.3 is 0 Å². The van der Waals surface area contributed by atoms with Crippen LogP contribution in [0.1, 0.15) is 23.7 Å². The maximum Gasteiger partial charge on any atom is 0.276 e. The standard InChI is InChI=1S/C18H18BrClN2O4/c1-2-9-25-16-8-3-12(19)10-15(16)18(24)22-21-17(23)11-26-14-6-4-13(20)5-7-14/h3-8,10H,2,9,11H2,1H3,(H,21,23)(H,22,24). The number of halogens is 2. The Balaban J connectivity index is 1.88. The predicted octanol–water partition coefficient (Wildman–Crippen LogP) is 3.73. The summed E-state index contributed by atoms with van der Waals surface area (Å²) in [5.74, 6) is -0.0473. The van der Waals surface area contributed by atoms with Crippen molar-refractivity contribution >= 4 is 39.3 Å². The largest absolute Gasteiger partial charge is 0.493 e. The molecule has 2 aromatic rings. The fourth-order valence-corrected chi connectivity index (χ4v) is 2.41. The monoisotopic (exact) mass is 440 g/mol. The van der Waals surface area contributed by atoms with Crippen LogP contribution in [0.3, 0.4) is 0 Å². The summed E-state index contributed by atoms with van der Waals surface area (Å²) in [6.45, 7) is 2.21. The molecule has 0 radical (unpaired) electrons. The number of rotatable bonds is 7. The van der Waals surface area contributed by atoms with Crippen LogP contribution in [0.2, 0.25) is 5.02 Å². The van der Waals surface area contributed by atoms with E-state index in [1.807, 2.05) is 6.92 Å². The molecule has 0 fully saturated rings. The molecule has 0 aliphatic rings. The Kier molecular flexibility index (Phi) is 7.74. The molecule has 0 saturated carbocycles. The minimum Gasteiger partial charge on any atom is -0.493 e. The van der Waals surface area contributed by atoms with E-state index in [2.05, 4.69) is 26.8 Å². The first-order valence-corrected chi connectivity index (χ1v) is 9.06. The number of hydrogen-bond acceptors (Lipinski definition) is 4. The fourth-order valence-electron chi connectivity index (χ4n) is 1.93. The van der Waals surface area contributed by atoms with E-state index in [9.17, 15) is 9.59 Å². The highest BCUT2D eigenvalue weighted by Crippen LogP contribution is 2.23. The summed E-state index contributed by atoms with van der Waals surface area (Å²) in [5, 5.41) is 0.573. The van der Waals surface area contributed by atoms with Crippen LogP contribution in [-0.2, 0) is 4.79 Å². The van der Waals surface area contributed by atoms with Crippen LogP contribution in [0.25, 0.3) is 0 Å². The van der Waals surface area contributed by atoms with E-state index in [1.165, 1.54) is 0 Å². The molecule has 138 valence electrons. The van der Waals surface area contributed by atoms with Gasteiger partial charge in [0.2, 0.25) is 0 Å². The molecule has 0 saturated heterocycles. The van der Waals surface area contributed by atoms with E-state index in [1.54, 1.807) is 42.5 Å². The van der Waals surface area contributed by atoms with Crippen molar-refractivity contribution in [2.45, 2.75) is 13.3 Å². The van der Waals surface area contributed by atoms with Crippen molar-refractivity contribution < 1.29 is 19.1 Å². The maximum absolute atomic E-state index is 12.3. The molecule has 2 N–H and O–H groups in total. The lowest BCUT2D eigenvalue weighted by molar-refractivity contribution is -0.123. The number of hydrazine groups is 1. The molecule has 2 rings (SSSR count). The summed E-state index contributed by atoms with van der Waals surface area (Å²) >= 11 is 9.09. The quantitative estimate of drug-likeness (QED) is 0.642. The smallest absolute Gasteiger partial charge is 0.276 e. The first kappa shape index (κ1) is 20.1. The number of ether oxygens (including phenoxy) is 2. The lowest BCUT2D eigenvalue weighted by atomic mass is 10.2. The van der Waals surface area contributed by atoms with Crippen molar-refractivity contribution in [2.24, 2.45) is 0 Å². The van der Waals surface area contributed by atoms with E-state index >= 15 is 0 Å². The van der Waals surface area contributed by atoms with Crippen LogP contribution in [0.4, 0.5) is 0 Å². The number of benzene rings is 2. The molecule has 0 spiro atoms. The van der Waals surface area contributed by atoms with Gasteiger partial charge in [0.05, 0.1) is 12.2 Å². The maximum atomic E-state index is 12.3. The van der Waals surface area contributed by atoms with Crippen molar-refractivity contribution in [3.8, 4) is 11.5 Å². The second-order valence-corrected chi connectivity index (χ2v) is 6.59. The topological polar surface area (TPSA) is 76.7 Å². The van der Waals surface area contributed by atoms with Gasteiger partial charge in [0.25, 0.3) is 11.8 Å². The Hall–Kier alpha value is -2.25. The summed E-state index contributed by atoms with van der Waals surface area (Å²) in [5.41, 5.74) is 4.96. The summed E-state index contributed by atoms with van der Waals surface area (Å²) < 4.78 is 11.6. The molecule has 6 nitrogen and oxygen atoms in total. The van der Waals surface area contributed by atoms with Gasteiger partial charge in [0, 0.05) is 9.50 Å². The van der Waals surface area contributed by atoms with E-state index in [-0.39, 0.29) is 6.61 Å². The van der Waals surface area contributed by atoms with Gasteiger partial charge < -0.3 is 9.47 Å². The van der Waals surface area contributed by atoms with Crippen molar-refractivity contribution in [1.29, 1.82) is 0 Å². The molecule has 0 aliphatic heterocycles. The minimum atomic E-state index is -0.501. The van der Waals surface area contributed by atoms with Gasteiger partial charge in [-0.1, -0.05) is 34.5 Å². The summed E-state index contributed by atoms with van der Waals surface area (Å²) in [6, 6.07) is 11.7. The first-order chi connectivity index (χ1) is 12.5. The van der Waals surface area contributed by atoms with Gasteiger partial charge in [-0.3, -0.25) is 20.4 Å². The Labute approximate surface area is 164 Å². The molecule has 0 aliphatic carbocycles. The third-order valence-electron chi connectivity index (χ3n) is 3.15. The average Bonchev–Trinajstić information content (AvgIpc) is 2.64. The molecule has 26 heavy (non-hydrogen) atoms. The Bertz CT molecular complexity index is 768.